The fourth-order valence-corrected chi connectivity index (χ4v) is 3.67. The second-order valence-corrected chi connectivity index (χ2v) is 7.42. The molecule has 0 spiro atoms. The van der Waals surface area contributed by atoms with Gasteiger partial charge in [0, 0.05) is 19.2 Å². The van der Waals surface area contributed by atoms with Crippen LogP contribution in [0.1, 0.15) is 25.7 Å². The fraction of sp³-hybridized carbons (Fsp3) is 0.700. The van der Waals surface area contributed by atoms with Crippen LogP contribution in [-0.2, 0) is 0 Å². The second kappa shape index (κ2) is 10.1. The van der Waals surface area contributed by atoms with E-state index in [0.29, 0.717) is 24.6 Å². The third kappa shape index (κ3) is 6.43. The van der Waals surface area contributed by atoms with Gasteiger partial charge in [-0.15, -0.1) is 0 Å². The summed E-state index contributed by atoms with van der Waals surface area (Å²) in [5, 5.41) is 20.2. The molecule has 2 atom stereocenters. The number of aliphatic hydroxyl groups is 2. The molecule has 2 aliphatic rings. The Morgan fingerprint density at radius 2 is 1.19 bits per heavy atom. The van der Waals surface area contributed by atoms with Crippen molar-refractivity contribution in [3.63, 3.8) is 0 Å². The van der Waals surface area contributed by atoms with E-state index in [2.05, 4.69) is 9.80 Å². The molecule has 2 fully saturated rings. The van der Waals surface area contributed by atoms with Crippen LogP contribution in [0.15, 0.2) is 24.3 Å². The van der Waals surface area contributed by atoms with E-state index in [9.17, 15) is 10.2 Å². The van der Waals surface area contributed by atoms with Gasteiger partial charge in [-0.1, -0.05) is 6.07 Å². The molecule has 0 amide bonds. The lowest BCUT2D eigenvalue weighted by Crippen LogP contribution is -2.33. The molecular weight excluding hydrogens is 332 g/mol. The number of likely N-dealkylation sites (tertiary alicyclic amines) is 2. The SMILES string of the molecule is O[C@@H](COc1cccc(OC[C@H](O)CN2CCCC2)c1)CN1CCCC1. The van der Waals surface area contributed by atoms with Gasteiger partial charge < -0.3 is 29.5 Å². The van der Waals surface area contributed by atoms with Crippen molar-refractivity contribution in [1.29, 1.82) is 0 Å². The van der Waals surface area contributed by atoms with Crippen LogP contribution in [0.2, 0.25) is 0 Å². The van der Waals surface area contributed by atoms with Gasteiger partial charge in [-0.2, -0.15) is 0 Å². The summed E-state index contributed by atoms with van der Waals surface area (Å²) in [5.74, 6) is 1.36. The van der Waals surface area contributed by atoms with Crippen molar-refractivity contribution in [3.8, 4) is 11.5 Å². The molecule has 2 saturated heterocycles. The molecule has 2 heterocycles. The summed E-state index contributed by atoms with van der Waals surface area (Å²) < 4.78 is 11.4. The van der Waals surface area contributed by atoms with Gasteiger partial charge in [-0.05, 0) is 64.0 Å². The number of hydrogen-bond donors (Lipinski definition) is 2. The van der Waals surface area contributed by atoms with Crippen LogP contribution in [0.5, 0.6) is 11.5 Å². The van der Waals surface area contributed by atoms with E-state index >= 15 is 0 Å². The highest BCUT2D eigenvalue weighted by molar-refractivity contribution is 5.33. The highest BCUT2D eigenvalue weighted by atomic mass is 16.5. The Morgan fingerprint density at radius 1 is 0.769 bits per heavy atom. The van der Waals surface area contributed by atoms with E-state index in [4.69, 9.17) is 9.47 Å². The van der Waals surface area contributed by atoms with Crippen LogP contribution >= 0.6 is 0 Å². The highest BCUT2D eigenvalue weighted by Gasteiger charge is 2.17. The summed E-state index contributed by atoms with van der Waals surface area (Å²) in [7, 11) is 0. The summed E-state index contributed by atoms with van der Waals surface area (Å²) in [4.78, 5) is 4.55. The second-order valence-electron chi connectivity index (χ2n) is 7.42. The van der Waals surface area contributed by atoms with Crippen molar-refractivity contribution in [2.24, 2.45) is 0 Å². The third-order valence-electron chi connectivity index (χ3n) is 5.03. The number of nitrogens with zero attached hydrogens (tertiary/aromatic N) is 2. The van der Waals surface area contributed by atoms with Crippen LogP contribution in [0.3, 0.4) is 0 Å². The maximum Gasteiger partial charge on any atom is 0.123 e. The normalized spacial score (nSPS) is 21.0. The molecule has 2 N–H and O–H groups in total. The number of aliphatic hydroxyl groups excluding tert-OH is 2. The summed E-state index contributed by atoms with van der Waals surface area (Å²) in [6.07, 6.45) is 3.90. The van der Waals surface area contributed by atoms with Crippen LogP contribution < -0.4 is 9.47 Å². The Kier molecular flexibility index (Phi) is 7.55. The number of rotatable bonds is 10. The molecule has 0 aromatic heterocycles. The molecule has 26 heavy (non-hydrogen) atoms. The molecule has 0 unspecified atom stereocenters. The van der Waals surface area contributed by atoms with E-state index in [-0.39, 0.29) is 13.2 Å². The van der Waals surface area contributed by atoms with Crippen molar-refractivity contribution in [1.82, 2.24) is 9.80 Å². The molecule has 1 aromatic carbocycles. The number of ether oxygens (including phenoxy) is 2. The van der Waals surface area contributed by atoms with Crippen molar-refractivity contribution in [3.05, 3.63) is 24.3 Å². The highest BCUT2D eigenvalue weighted by Crippen LogP contribution is 2.20. The van der Waals surface area contributed by atoms with Crippen LogP contribution in [0.4, 0.5) is 0 Å². The van der Waals surface area contributed by atoms with E-state index in [1.165, 1.54) is 25.7 Å². The Morgan fingerprint density at radius 3 is 1.62 bits per heavy atom. The van der Waals surface area contributed by atoms with Crippen molar-refractivity contribution >= 4 is 0 Å². The summed E-state index contributed by atoms with van der Waals surface area (Å²) in [6.45, 7) is 6.16. The largest absolute Gasteiger partial charge is 0.491 e. The summed E-state index contributed by atoms with van der Waals surface area (Å²) in [6, 6.07) is 7.39. The first-order valence-electron chi connectivity index (χ1n) is 9.85. The molecule has 1 aromatic rings. The summed E-state index contributed by atoms with van der Waals surface area (Å²) >= 11 is 0. The monoisotopic (exact) mass is 364 g/mol. The maximum absolute atomic E-state index is 10.1. The van der Waals surface area contributed by atoms with E-state index in [0.717, 1.165) is 26.2 Å². The Hall–Kier alpha value is -1.34. The van der Waals surface area contributed by atoms with E-state index < -0.39 is 12.2 Å². The summed E-state index contributed by atoms with van der Waals surface area (Å²) in [5.41, 5.74) is 0. The van der Waals surface area contributed by atoms with Crippen LogP contribution in [0, 0.1) is 0 Å². The number of β-amino-alcohol motifs (C(OH)–C–C–N with tert-alkyl or cyclic N) is 2. The van der Waals surface area contributed by atoms with Gasteiger partial charge in [0.1, 0.15) is 36.9 Å². The standard InChI is InChI=1S/C20H32N2O4/c23-17(13-21-8-1-2-9-21)15-25-19-6-5-7-20(12-19)26-16-18(24)14-22-10-3-4-11-22/h5-7,12,17-18,23-24H,1-4,8-11,13-16H2/t17-,18-/m1/s1. The minimum atomic E-state index is -0.486. The van der Waals surface area contributed by atoms with Gasteiger partial charge in [0.2, 0.25) is 0 Å². The molecule has 146 valence electrons. The number of benzene rings is 1. The fourth-order valence-electron chi connectivity index (χ4n) is 3.67. The third-order valence-corrected chi connectivity index (χ3v) is 5.03. The Balaban J connectivity index is 1.37. The quantitative estimate of drug-likeness (QED) is 0.654. The van der Waals surface area contributed by atoms with Crippen LogP contribution in [-0.4, -0.2) is 84.7 Å². The molecular formula is C20H32N2O4. The Labute approximate surface area is 156 Å². The predicted molar refractivity (Wildman–Crippen MR) is 101 cm³/mol. The van der Waals surface area contributed by atoms with Crippen molar-refractivity contribution in [2.75, 3.05) is 52.5 Å². The zero-order valence-corrected chi connectivity index (χ0v) is 15.6. The zero-order valence-electron chi connectivity index (χ0n) is 15.6. The van der Waals surface area contributed by atoms with Gasteiger partial charge in [0.15, 0.2) is 0 Å². The van der Waals surface area contributed by atoms with Gasteiger partial charge in [-0.3, -0.25) is 0 Å². The predicted octanol–water partition coefficient (Wildman–Crippen LogP) is 1.36. The zero-order chi connectivity index (χ0) is 18.2. The molecule has 0 aliphatic carbocycles. The molecule has 6 heteroatoms. The van der Waals surface area contributed by atoms with E-state index in [1.54, 1.807) is 0 Å². The molecule has 6 nitrogen and oxygen atoms in total. The lowest BCUT2D eigenvalue weighted by molar-refractivity contribution is 0.0730. The van der Waals surface area contributed by atoms with Gasteiger partial charge in [0.05, 0.1) is 0 Å². The van der Waals surface area contributed by atoms with Crippen molar-refractivity contribution < 1.29 is 19.7 Å². The molecule has 0 radical (unpaired) electrons. The molecule has 3 rings (SSSR count). The average Bonchev–Trinajstić information content (AvgIpc) is 3.33. The van der Waals surface area contributed by atoms with Crippen molar-refractivity contribution in [2.45, 2.75) is 37.9 Å². The minimum Gasteiger partial charge on any atom is -0.491 e. The average molecular weight is 364 g/mol. The molecule has 0 bridgehead atoms. The van der Waals surface area contributed by atoms with Gasteiger partial charge in [0.25, 0.3) is 0 Å². The molecule has 2 aliphatic heterocycles. The Bertz CT molecular complexity index is 487. The topological polar surface area (TPSA) is 65.4 Å². The first kappa shape index (κ1) is 19.4. The first-order chi connectivity index (χ1) is 12.7. The first-order valence-corrected chi connectivity index (χ1v) is 9.85. The maximum atomic E-state index is 10.1. The lowest BCUT2D eigenvalue weighted by atomic mass is 10.3. The lowest BCUT2D eigenvalue weighted by Gasteiger charge is -2.20. The minimum absolute atomic E-state index is 0.275. The molecule has 0 saturated carbocycles. The van der Waals surface area contributed by atoms with E-state index in [1.807, 2.05) is 24.3 Å². The number of hydrogen-bond acceptors (Lipinski definition) is 6. The van der Waals surface area contributed by atoms with Crippen LogP contribution in [0.25, 0.3) is 0 Å². The van der Waals surface area contributed by atoms with Gasteiger partial charge in [-0.25, -0.2) is 0 Å². The smallest absolute Gasteiger partial charge is 0.123 e. The van der Waals surface area contributed by atoms with Gasteiger partial charge >= 0.3 is 0 Å².